The quantitative estimate of drug-likeness (QED) is 0.481. The molecular formula is C21H25NO4S. The van der Waals surface area contributed by atoms with Crippen LogP contribution in [0.4, 0.5) is 0 Å². The molecule has 0 saturated carbocycles. The molecule has 144 valence electrons. The minimum Gasteiger partial charge on any atom is -0.394 e. The third kappa shape index (κ3) is 4.30. The van der Waals surface area contributed by atoms with Crippen molar-refractivity contribution in [2.24, 2.45) is 0 Å². The Kier molecular flexibility index (Phi) is 5.53. The van der Waals surface area contributed by atoms with E-state index in [1.165, 1.54) is 16.3 Å². The largest absolute Gasteiger partial charge is 0.394 e. The summed E-state index contributed by atoms with van der Waals surface area (Å²) in [5.41, 5.74) is 1.47. The lowest BCUT2D eigenvalue weighted by molar-refractivity contribution is 0.118. The highest BCUT2D eigenvalue weighted by atomic mass is 32.2. The molecule has 0 amide bonds. The molecule has 0 aliphatic carbocycles. The molecule has 0 bridgehead atoms. The van der Waals surface area contributed by atoms with Crippen molar-refractivity contribution >= 4 is 31.7 Å². The summed E-state index contributed by atoms with van der Waals surface area (Å²) in [4.78, 5) is 0. The zero-order valence-corrected chi connectivity index (χ0v) is 16.6. The first kappa shape index (κ1) is 19.8. The van der Waals surface area contributed by atoms with Crippen LogP contribution in [-0.2, 0) is 20.8 Å². The van der Waals surface area contributed by atoms with Gasteiger partial charge in [-0.25, -0.2) is 0 Å². The number of aliphatic hydroxyl groups excluding tert-OH is 1. The van der Waals surface area contributed by atoms with Crippen molar-refractivity contribution in [1.29, 1.82) is 0 Å². The van der Waals surface area contributed by atoms with Crippen molar-refractivity contribution in [3.8, 4) is 0 Å². The topological polar surface area (TPSA) is 75.6 Å². The van der Waals surface area contributed by atoms with Crippen molar-refractivity contribution in [2.75, 3.05) is 19.5 Å². The van der Waals surface area contributed by atoms with Crippen LogP contribution in [0.3, 0.4) is 0 Å². The van der Waals surface area contributed by atoms with Crippen molar-refractivity contribution in [3.63, 3.8) is 0 Å². The second-order valence-corrected chi connectivity index (χ2v) is 8.88. The summed E-state index contributed by atoms with van der Waals surface area (Å²) in [7, 11) is -3.58. The van der Waals surface area contributed by atoms with Gasteiger partial charge in [-0.15, -0.1) is 0 Å². The van der Waals surface area contributed by atoms with Crippen molar-refractivity contribution in [3.05, 3.63) is 59.7 Å². The molecule has 0 fully saturated rings. The molecular weight excluding hydrogens is 362 g/mol. The zero-order valence-electron chi connectivity index (χ0n) is 15.8. The summed E-state index contributed by atoms with van der Waals surface area (Å²) in [5, 5.41) is 17.8. The normalized spacial score (nSPS) is 14.5. The standard InChI is InChI=1S/C21H25NO4S/c1-15-16-8-4-6-10-18(16)20(19-11-7-5-9-17(15)19)12-22-21(2,13-23)14-26-27(3,24)25/h4-11,22-23H,12-14H2,1-3H3. The number of nitrogens with one attached hydrogen (secondary N) is 1. The predicted molar refractivity (Wildman–Crippen MR) is 109 cm³/mol. The smallest absolute Gasteiger partial charge is 0.264 e. The molecule has 27 heavy (non-hydrogen) atoms. The minimum atomic E-state index is -3.58. The molecule has 0 saturated heterocycles. The zero-order chi connectivity index (χ0) is 19.7. The van der Waals surface area contributed by atoms with E-state index in [2.05, 4.69) is 36.5 Å². The first-order valence-corrected chi connectivity index (χ1v) is 10.6. The second-order valence-electron chi connectivity index (χ2n) is 7.23. The Bertz CT molecular complexity index is 1020. The summed E-state index contributed by atoms with van der Waals surface area (Å²) in [6, 6.07) is 16.5. The van der Waals surface area contributed by atoms with E-state index in [1.807, 2.05) is 24.3 Å². The van der Waals surface area contributed by atoms with Crippen LogP contribution >= 0.6 is 0 Å². The fraction of sp³-hybridized carbons (Fsp3) is 0.333. The minimum absolute atomic E-state index is 0.135. The fourth-order valence-electron chi connectivity index (χ4n) is 3.32. The van der Waals surface area contributed by atoms with Gasteiger partial charge in [-0.1, -0.05) is 48.5 Å². The maximum atomic E-state index is 11.3. The number of aryl methyl sites for hydroxylation is 1. The van der Waals surface area contributed by atoms with Gasteiger partial charge in [-0.3, -0.25) is 4.18 Å². The van der Waals surface area contributed by atoms with Gasteiger partial charge in [0.2, 0.25) is 0 Å². The lowest BCUT2D eigenvalue weighted by Gasteiger charge is -2.29. The summed E-state index contributed by atoms with van der Waals surface area (Å²) >= 11 is 0. The molecule has 0 spiro atoms. The number of hydrogen-bond acceptors (Lipinski definition) is 5. The predicted octanol–water partition coefficient (Wildman–Crippen LogP) is 3.12. The molecule has 3 aromatic rings. The van der Waals surface area contributed by atoms with Crippen molar-refractivity contribution < 1.29 is 17.7 Å². The first-order chi connectivity index (χ1) is 12.7. The monoisotopic (exact) mass is 387 g/mol. The van der Waals surface area contributed by atoms with E-state index in [0.717, 1.165) is 22.6 Å². The lowest BCUT2D eigenvalue weighted by atomic mass is 9.92. The van der Waals surface area contributed by atoms with Gasteiger partial charge in [0, 0.05) is 6.54 Å². The van der Waals surface area contributed by atoms with Crippen LogP contribution in [0.2, 0.25) is 0 Å². The van der Waals surface area contributed by atoms with E-state index >= 15 is 0 Å². The van der Waals surface area contributed by atoms with E-state index in [-0.39, 0.29) is 13.2 Å². The third-order valence-corrected chi connectivity index (χ3v) is 5.49. The highest BCUT2D eigenvalue weighted by Crippen LogP contribution is 2.32. The molecule has 0 radical (unpaired) electrons. The highest BCUT2D eigenvalue weighted by molar-refractivity contribution is 7.85. The molecule has 3 rings (SSSR count). The molecule has 1 atom stereocenters. The lowest BCUT2D eigenvalue weighted by Crippen LogP contribution is -2.49. The SMILES string of the molecule is Cc1c2ccccc2c(CNC(C)(CO)COS(C)(=O)=O)c2ccccc12. The molecule has 0 aliphatic heterocycles. The van der Waals surface area contributed by atoms with Gasteiger partial charge in [0.05, 0.1) is 25.0 Å². The van der Waals surface area contributed by atoms with Crippen LogP contribution in [-0.4, -0.2) is 38.5 Å². The van der Waals surface area contributed by atoms with Crippen LogP contribution in [0, 0.1) is 6.92 Å². The van der Waals surface area contributed by atoms with Gasteiger partial charge in [-0.05, 0) is 46.5 Å². The van der Waals surface area contributed by atoms with Gasteiger partial charge >= 0.3 is 0 Å². The Morgan fingerprint density at radius 1 is 1.00 bits per heavy atom. The van der Waals surface area contributed by atoms with Gasteiger partial charge in [0.15, 0.2) is 0 Å². The van der Waals surface area contributed by atoms with Crippen LogP contribution < -0.4 is 5.32 Å². The average Bonchev–Trinajstić information content (AvgIpc) is 2.66. The highest BCUT2D eigenvalue weighted by Gasteiger charge is 2.26. The van der Waals surface area contributed by atoms with Crippen molar-refractivity contribution in [1.82, 2.24) is 5.32 Å². The van der Waals surface area contributed by atoms with Crippen LogP contribution in [0.25, 0.3) is 21.5 Å². The summed E-state index contributed by atoms with van der Waals surface area (Å²) in [5.74, 6) is 0. The average molecular weight is 388 g/mol. The fourth-order valence-corrected chi connectivity index (χ4v) is 3.79. The second kappa shape index (κ2) is 7.56. The maximum absolute atomic E-state index is 11.3. The summed E-state index contributed by atoms with van der Waals surface area (Å²) in [6.45, 7) is 3.97. The van der Waals surface area contributed by atoms with Crippen LogP contribution in [0.1, 0.15) is 18.1 Å². The Morgan fingerprint density at radius 3 is 1.93 bits per heavy atom. The number of benzene rings is 3. The van der Waals surface area contributed by atoms with Gasteiger partial charge in [0.1, 0.15) is 0 Å². The number of hydrogen-bond donors (Lipinski definition) is 2. The van der Waals surface area contributed by atoms with Gasteiger partial charge in [-0.2, -0.15) is 8.42 Å². The number of fused-ring (bicyclic) bond motifs is 2. The van der Waals surface area contributed by atoms with Crippen molar-refractivity contribution in [2.45, 2.75) is 25.9 Å². The molecule has 2 N–H and O–H groups in total. The molecule has 3 aromatic carbocycles. The first-order valence-electron chi connectivity index (χ1n) is 8.83. The maximum Gasteiger partial charge on any atom is 0.264 e. The van der Waals surface area contributed by atoms with E-state index in [0.29, 0.717) is 6.54 Å². The van der Waals surface area contributed by atoms with E-state index < -0.39 is 15.7 Å². The number of aliphatic hydroxyl groups is 1. The molecule has 0 heterocycles. The Morgan fingerprint density at radius 2 is 1.48 bits per heavy atom. The summed E-state index contributed by atoms with van der Waals surface area (Å²) in [6.07, 6.45) is 1.01. The Balaban J connectivity index is 2.01. The molecule has 0 aromatic heterocycles. The molecule has 6 heteroatoms. The van der Waals surface area contributed by atoms with Crippen LogP contribution in [0.5, 0.6) is 0 Å². The van der Waals surface area contributed by atoms with Crippen LogP contribution in [0.15, 0.2) is 48.5 Å². The summed E-state index contributed by atoms with van der Waals surface area (Å²) < 4.78 is 27.6. The van der Waals surface area contributed by atoms with Gasteiger partial charge < -0.3 is 10.4 Å². The van der Waals surface area contributed by atoms with E-state index in [1.54, 1.807) is 6.92 Å². The Hall–Kier alpha value is -1.99. The third-order valence-electron chi connectivity index (χ3n) is 4.94. The number of rotatable bonds is 7. The van der Waals surface area contributed by atoms with Gasteiger partial charge in [0.25, 0.3) is 10.1 Å². The molecule has 5 nitrogen and oxygen atoms in total. The van der Waals surface area contributed by atoms with E-state index in [9.17, 15) is 13.5 Å². The Labute approximate surface area is 160 Å². The van der Waals surface area contributed by atoms with E-state index in [4.69, 9.17) is 4.18 Å². The molecule has 0 aliphatic rings. The molecule has 1 unspecified atom stereocenters.